The largest absolute Gasteiger partial charge is 0.467 e. The van der Waals surface area contributed by atoms with Crippen molar-refractivity contribution in [1.29, 1.82) is 0 Å². The van der Waals surface area contributed by atoms with Gasteiger partial charge >= 0.3 is 5.97 Å². The summed E-state index contributed by atoms with van der Waals surface area (Å²) in [5.74, 6) is -0.701. The normalized spacial score (nSPS) is 11.7. The number of carbonyl (C=O) groups excluding carboxylic acids is 2. The highest BCUT2D eigenvalue weighted by Crippen LogP contribution is 2.04. The highest BCUT2D eigenvalue weighted by molar-refractivity contribution is 5.84. The van der Waals surface area contributed by atoms with Gasteiger partial charge in [0.15, 0.2) is 0 Å². The van der Waals surface area contributed by atoms with Crippen molar-refractivity contribution in [3.63, 3.8) is 0 Å². The van der Waals surface area contributed by atoms with Crippen LogP contribution in [0.4, 0.5) is 0 Å². The standard InChI is InChI=1S/C13H18N2O3/c1-18-13(17)11(15-12(16)7-8-14)9-10-5-3-2-4-6-10/h2-6,11H,7-9,14H2,1H3,(H,15,16)/t11-/m0/s1. The number of esters is 1. The molecule has 1 amide bonds. The average Bonchev–Trinajstić information content (AvgIpc) is 2.38. The van der Waals surface area contributed by atoms with Crippen LogP contribution in [-0.2, 0) is 20.7 Å². The third-order valence-electron chi connectivity index (χ3n) is 2.47. The van der Waals surface area contributed by atoms with Gasteiger partial charge in [-0.2, -0.15) is 0 Å². The molecule has 0 aromatic heterocycles. The SMILES string of the molecule is COC(=O)[C@H](Cc1ccccc1)NC(=O)CCN. The van der Waals surface area contributed by atoms with Crippen LogP contribution < -0.4 is 11.1 Å². The third-order valence-corrected chi connectivity index (χ3v) is 2.47. The maximum atomic E-state index is 11.6. The molecule has 1 aromatic carbocycles. The molecule has 0 fully saturated rings. The highest BCUT2D eigenvalue weighted by atomic mass is 16.5. The summed E-state index contributed by atoms with van der Waals surface area (Å²) in [5, 5.41) is 2.62. The van der Waals surface area contributed by atoms with E-state index in [2.05, 4.69) is 10.1 Å². The van der Waals surface area contributed by atoms with Gasteiger partial charge in [-0.15, -0.1) is 0 Å². The van der Waals surface area contributed by atoms with Crippen molar-refractivity contribution in [2.45, 2.75) is 18.9 Å². The topological polar surface area (TPSA) is 81.4 Å². The van der Waals surface area contributed by atoms with Crippen molar-refractivity contribution >= 4 is 11.9 Å². The Bertz CT molecular complexity index is 392. The molecule has 5 heteroatoms. The van der Waals surface area contributed by atoms with E-state index in [1.807, 2.05) is 30.3 Å². The van der Waals surface area contributed by atoms with Crippen LogP contribution >= 0.6 is 0 Å². The third kappa shape index (κ3) is 4.55. The lowest BCUT2D eigenvalue weighted by molar-refractivity contribution is -0.145. The molecule has 0 aliphatic rings. The number of hydrogen-bond acceptors (Lipinski definition) is 4. The van der Waals surface area contributed by atoms with E-state index < -0.39 is 12.0 Å². The minimum Gasteiger partial charge on any atom is -0.467 e. The van der Waals surface area contributed by atoms with Crippen LogP contribution in [-0.4, -0.2) is 31.6 Å². The summed E-state index contributed by atoms with van der Waals surface area (Å²) >= 11 is 0. The fraction of sp³-hybridized carbons (Fsp3) is 0.385. The Morgan fingerprint density at radius 3 is 2.56 bits per heavy atom. The second kappa shape index (κ2) is 7.45. The molecule has 0 saturated carbocycles. The maximum Gasteiger partial charge on any atom is 0.328 e. The van der Waals surface area contributed by atoms with Crippen molar-refractivity contribution in [2.24, 2.45) is 5.73 Å². The number of nitrogens with one attached hydrogen (secondary N) is 1. The smallest absolute Gasteiger partial charge is 0.328 e. The van der Waals surface area contributed by atoms with Gasteiger partial charge in [-0.3, -0.25) is 4.79 Å². The zero-order valence-corrected chi connectivity index (χ0v) is 10.4. The number of carbonyl (C=O) groups is 2. The molecule has 0 spiro atoms. The summed E-state index contributed by atoms with van der Waals surface area (Å²) in [6.07, 6.45) is 0.603. The molecule has 1 rings (SSSR count). The molecule has 0 heterocycles. The Morgan fingerprint density at radius 1 is 1.33 bits per heavy atom. The molecule has 0 aliphatic carbocycles. The van der Waals surface area contributed by atoms with E-state index in [-0.39, 0.29) is 18.9 Å². The lowest BCUT2D eigenvalue weighted by Crippen LogP contribution is -2.43. The molecule has 1 aromatic rings. The predicted octanol–water partition coefficient (Wildman–Crippen LogP) is 0.236. The number of rotatable bonds is 6. The first-order valence-corrected chi connectivity index (χ1v) is 5.78. The first-order chi connectivity index (χ1) is 8.67. The van der Waals surface area contributed by atoms with Crippen LogP contribution in [0.2, 0.25) is 0 Å². The van der Waals surface area contributed by atoms with Gasteiger partial charge in [0, 0.05) is 19.4 Å². The van der Waals surface area contributed by atoms with Crippen LogP contribution in [0.5, 0.6) is 0 Å². The minimum absolute atomic E-state index is 0.197. The van der Waals surface area contributed by atoms with E-state index in [9.17, 15) is 9.59 Å². The predicted molar refractivity (Wildman–Crippen MR) is 67.8 cm³/mol. The van der Waals surface area contributed by atoms with Crippen LogP contribution in [0.1, 0.15) is 12.0 Å². The maximum absolute atomic E-state index is 11.6. The molecule has 0 saturated heterocycles. The number of amides is 1. The number of hydrogen-bond donors (Lipinski definition) is 2. The van der Waals surface area contributed by atoms with Gasteiger partial charge in [0.1, 0.15) is 6.04 Å². The Balaban J connectivity index is 2.67. The van der Waals surface area contributed by atoms with E-state index in [1.54, 1.807) is 0 Å². The second-order valence-electron chi connectivity index (χ2n) is 3.87. The Hall–Kier alpha value is -1.88. The summed E-state index contributed by atoms with van der Waals surface area (Å²) in [4.78, 5) is 23.1. The number of nitrogens with two attached hydrogens (primary N) is 1. The minimum atomic E-state index is -0.670. The summed E-state index contributed by atoms with van der Waals surface area (Å²) < 4.78 is 4.68. The first-order valence-electron chi connectivity index (χ1n) is 5.78. The van der Waals surface area contributed by atoms with Gasteiger partial charge in [0.05, 0.1) is 7.11 Å². The van der Waals surface area contributed by atoms with Crippen molar-refractivity contribution < 1.29 is 14.3 Å². The molecular weight excluding hydrogens is 232 g/mol. The summed E-state index contributed by atoms with van der Waals surface area (Å²) in [6, 6.07) is 8.77. The molecule has 18 heavy (non-hydrogen) atoms. The Kier molecular flexibility index (Phi) is 5.87. The molecule has 0 aliphatic heterocycles. The zero-order chi connectivity index (χ0) is 13.4. The Labute approximate surface area is 106 Å². The highest BCUT2D eigenvalue weighted by Gasteiger charge is 2.21. The van der Waals surface area contributed by atoms with Crippen molar-refractivity contribution in [1.82, 2.24) is 5.32 Å². The van der Waals surface area contributed by atoms with E-state index in [0.29, 0.717) is 6.42 Å². The van der Waals surface area contributed by atoms with Crippen molar-refractivity contribution in [2.75, 3.05) is 13.7 Å². The quantitative estimate of drug-likeness (QED) is 0.708. The van der Waals surface area contributed by atoms with E-state index in [1.165, 1.54) is 7.11 Å². The molecule has 0 bridgehead atoms. The van der Waals surface area contributed by atoms with Gasteiger partial charge in [-0.05, 0) is 5.56 Å². The monoisotopic (exact) mass is 250 g/mol. The average molecular weight is 250 g/mol. The van der Waals surface area contributed by atoms with Gasteiger partial charge < -0.3 is 15.8 Å². The molecule has 98 valence electrons. The number of methoxy groups -OCH3 is 1. The molecule has 0 unspecified atom stereocenters. The van der Waals surface area contributed by atoms with Crippen LogP contribution in [0, 0.1) is 0 Å². The van der Waals surface area contributed by atoms with Gasteiger partial charge in [0.2, 0.25) is 5.91 Å². The lowest BCUT2D eigenvalue weighted by Gasteiger charge is -2.16. The van der Waals surface area contributed by atoms with Crippen molar-refractivity contribution in [3.05, 3.63) is 35.9 Å². The summed E-state index contributed by atoms with van der Waals surface area (Å²) in [6.45, 7) is 0.255. The summed E-state index contributed by atoms with van der Waals surface area (Å²) in [7, 11) is 1.30. The molecular formula is C13H18N2O3. The van der Waals surface area contributed by atoms with Gasteiger partial charge in [-0.1, -0.05) is 30.3 Å². The van der Waals surface area contributed by atoms with E-state index in [0.717, 1.165) is 5.56 Å². The number of ether oxygens (including phenoxy) is 1. The first kappa shape index (κ1) is 14.2. The molecule has 5 nitrogen and oxygen atoms in total. The van der Waals surface area contributed by atoms with Crippen LogP contribution in [0.25, 0.3) is 0 Å². The summed E-state index contributed by atoms with van der Waals surface area (Å²) in [5.41, 5.74) is 6.25. The van der Waals surface area contributed by atoms with Crippen LogP contribution in [0.15, 0.2) is 30.3 Å². The number of benzene rings is 1. The fourth-order valence-electron chi connectivity index (χ4n) is 1.58. The van der Waals surface area contributed by atoms with Crippen molar-refractivity contribution in [3.8, 4) is 0 Å². The second-order valence-corrected chi connectivity index (χ2v) is 3.87. The van der Waals surface area contributed by atoms with Gasteiger partial charge in [-0.25, -0.2) is 4.79 Å². The van der Waals surface area contributed by atoms with E-state index in [4.69, 9.17) is 5.73 Å². The van der Waals surface area contributed by atoms with Gasteiger partial charge in [0.25, 0.3) is 0 Å². The lowest BCUT2D eigenvalue weighted by atomic mass is 10.1. The van der Waals surface area contributed by atoms with Crippen LogP contribution in [0.3, 0.4) is 0 Å². The molecule has 1 atom stereocenters. The molecule has 3 N–H and O–H groups in total. The Morgan fingerprint density at radius 2 is 2.00 bits per heavy atom. The fourth-order valence-corrected chi connectivity index (χ4v) is 1.58. The zero-order valence-electron chi connectivity index (χ0n) is 10.4. The molecule has 0 radical (unpaired) electrons. The van der Waals surface area contributed by atoms with E-state index >= 15 is 0 Å².